The van der Waals surface area contributed by atoms with E-state index in [4.69, 9.17) is 0 Å². The van der Waals surface area contributed by atoms with Gasteiger partial charge in [0.25, 0.3) is 11.8 Å². The van der Waals surface area contributed by atoms with Crippen LogP contribution in [0.2, 0.25) is 0 Å². The Hall–Kier alpha value is -3.73. The molecular formula is C28H27FN2O2. The van der Waals surface area contributed by atoms with Gasteiger partial charge in [-0.2, -0.15) is 0 Å². The number of nitrogens with one attached hydrogen (secondary N) is 1. The topological polar surface area (TPSA) is 49.4 Å². The van der Waals surface area contributed by atoms with Crippen LogP contribution < -0.4 is 5.32 Å². The van der Waals surface area contributed by atoms with E-state index in [9.17, 15) is 14.0 Å². The van der Waals surface area contributed by atoms with Crippen molar-refractivity contribution >= 4 is 23.1 Å². The van der Waals surface area contributed by atoms with Gasteiger partial charge in [-0.05, 0) is 91.8 Å². The Bertz CT molecular complexity index is 1260. The quantitative estimate of drug-likeness (QED) is 0.513. The molecule has 3 aromatic rings. The first-order chi connectivity index (χ1) is 15.7. The molecule has 4 rings (SSSR count). The maximum absolute atomic E-state index is 13.5. The third-order valence-corrected chi connectivity index (χ3v) is 5.99. The van der Waals surface area contributed by atoms with Crippen LogP contribution in [0.3, 0.4) is 0 Å². The highest BCUT2D eigenvalue weighted by atomic mass is 19.1. The summed E-state index contributed by atoms with van der Waals surface area (Å²) in [5, 5.41) is 3.24. The van der Waals surface area contributed by atoms with Gasteiger partial charge in [0.2, 0.25) is 0 Å². The van der Waals surface area contributed by atoms with Crippen molar-refractivity contribution in [2.45, 2.75) is 34.1 Å². The van der Waals surface area contributed by atoms with Gasteiger partial charge < -0.3 is 5.32 Å². The molecule has 168 valence electrons. The smallest absolute Gasteiger partial charge is 0.278 e. The first-order valence-electron chi connectivity index (χ1n) is 11.0. The standard InChI is InChI=1S/C28H27FN2O2/c1-17-13-18(2)15-24(14-17)30-26-25(22-8-5-19(3)20(4)16-22)27(32)31(28(26)33)12-11-21-6-9-23(29)10-7-21/h5-10,13-16,30H,11-12H2,1-4H3. The SMILES string of the molecule is Cc1cc(C)cc(NC2=C(c3ccc(C)c(C)c3)C(=O)N(CCc3ccc(F)cc3)C2=O)c1. The molecule has 33 heavy (non-hydrogen) atoms. The summed E-state index contributed by atoms with van der Waals surface area (Å²) in [5.41, 5.74) is 7.31. The third-order valence-electron chi connectivity index (χ3n) is 5.99. The molecule has 1 heterocycles. The van der Waals surface area contributed by atoms with Crippen molar-refractivity contribution in [3.05, 3.63) is 106 Å². The largest absolute Gasteiger partial charge is 0.350 e. The van der Waals surface area contributed by atoms with Crippen molar-refractivity contribution in [1.82, 2.24) is 4.90 Å². The highest BCUT2D eigenvalue weighted by molar-refractivity contribution is 6.36. The van der Waals surface area contributed by atoms with Gasteiger partial charge in [-0.25, -0.2) is 4.39 Å². The molecule has 0 saturated heterocycles. The van der Waals surface area contributed by atoms with Crippen molar-refractivity contribution in [1.29, 1.82) is 0 Å². The van der Waals surface area contributed by atoms with Crippen LogP contribution in [0, 0.1) is 33.5 Å². The number of hydrogen-bond donors (Lipinski definition) is 1. The summed E-state index contributed by atoms with van der Waals surface area (Å²) in [6.07, 6.45) is 0.453. The molecule has 0 bridgehead atoms. The zero-order chi connectivity index (χ0) is 23.7. The van der Waals surface area contributed by atoms with Gasteiger partial charge in [0.15, 0.2) is 0 Å². The van der Waals surface area contributed by atoms with Gasteiger partial charge in [-0.15, -0.1) is 0 Å². The van der Waals surface area contributed by atoms with Gasteiger partial charge in [0, 0.05) is 12.2 Å². The lowest BCUT2D eigenvalue weighted by Crippen LogP contribution is -2.34. The molecule has 3 aromatic carbocycles. The van der Waals surface area contributed by atoms with Crippen LogP contribution in [0.5, 0.6) is 0 Å². The minimum Gasteiger partial charge on any atom is -0.350 e. The summed E-state index contributed by atoms with van der Waals surface area (Å²) in [6.45, 7) is 8.21. The first kappa shape index (κ1) is 22.5. The Morgan fingerprint density at radius 1 is 0.788 bits per heavy atom. The van der Waals surface area contributed by atoms with Crippen LogP contribution in [0.25, 0.3) is 5.57 Å². The normalized spacial score (nSPS) is 13.8. The molecule has 1 aliphatic rings. The zero-order valence-electron chi connectivity index (χ0n) is 19.3. The van der Waals surface area contributed by atoms with Crippen molar-refractivity contribution in [2.75, 3.05) is 11.9 Å². The maximum atomic E-state index is 13.5. The number of anilines is 1. The van der Waals surface area contributed by atoms with Gasteiger partial charge in [-0.1, -0.05) is 36.4 Å². The van der Waals surface area contributed by atoms with E-state index in [1.165, 1.54) is 17.0 Å². The number of carbonyl (C=O) groups is 2. The minimum atomic E-state index is -0.352. The lowest BCUT2D eigenvalue weighted by Gasteiger charge is -2.15. The van der Waals surface area contributed by atoms with Crippen molar-refractivity contribution in [2.24, 2.45) is 0 Å². The number of imide groups is 1. The number of halogens is 1. The molecule has 0 atom stereocenters. The minimum absolute atomic E-state index is 0.218. The number of hydrogen-bond acceptors (Lipinski definition) is 3. The Morgan fingerprint density at radius 2 is 1.45 bits per heavy atom. The number of amides is 2. The van der Waals surface area contributed by atoms with E-state index in [-0.39, 0.29) is 29.9 Å². The average Bonchev–Trinajstić information content (AvgIpc) is 2.98. The fourth-order valence-corrected chi connectivity index (χ4v) is 4.14. The molecule has 0 radical (unpaired) electrons. The van der Waals surface area contributed by atoms with Gasteiger partial charge in [0.1, 0.15) is 11.5 Å². The number of nitrogens with zero attached hydrogens (tertiary/aromatic N) is 1. The first-order valence-corrected chi connectivity index (χ1v) is 11.0. The number of rotatable bonds is 6. The molecule has 1 aliphatic heterocycles. The molecule has 0 unspecified atom stereocenters. The fraction of sp³-hybridized carbons (Fsp3) is 0.214. The molecule has 0 spiro atoms. The lowest BCUT2D eigenvalue weighted by molar-refractivity contribution is -0.136. The van der Waals surface area contributed by atoms with Gasteiger partial charge >= 0.3 is 0 Å². The number of aryl methyl sites for hydroxylation is 4. The Labute approximate surface area is 193 Å². The Kier molecular flexibility index (Phi) is 6.14. The molecule has 5 heteroatoms. The number of carbonyl (C=O) groups excluding carboxylic acids is 2. The van der Waals surface area contributed by atoms with E-state index in [0.717, 1.165) is 33.5 Å². The summed E-state index contributed by atoms with van der Waals surface area (Å²) in [6, 6.07) is 17.9. The van der Waals surface area contributed by atoms with Crippen molar-refractivity contribution < 1.29 is 14.0 Å². The predicted molar refractivity (Wildman–Crippen MR) is 129 cm³/mol. The third kappa shape index (κ3) is 4.72. The van der Waals surface area contributed by atoms with E-state index in [1.54, 1.807) is 12.1 Å². The van der Waals surface area contributed by atoms with Crippen LogP contribution in [0.4, 0.5) is 10.1 Å². The molecule has 0 aromatic heterocycles. The van der Waals surface area contributed by atoms with Gasteiger partial charge in [-0.3, -0.25) is 14.5 Å². The molecule has 1 N–H and O–H groups in total. The lowest BCUT2D eigenvalue weighted by atomic mass is 9.99. The van der Waals surface area contributed by atoms with E-state index in [1.807, 2.05) is 58.0 Å². The summed E-state index contributed by atoms with van der Waals surface area (Å²) in [7, 11) is 0. The van der Waals surface area contributed by atoms with Crippen LogP contribution in [-0.2, 0) is 16.0 Å². The van der Waals surface area contributed by atoms with Crippen LogP contribution in [-0.4, -0.2) is 23.3 Å². The van der Waals surface area contributed by atoms with Crippen LogP contribution in [0.1, 0.15) is 33.4 Å². The summed E-state index contributed by atoms with van der Waals surface area (Å²) >= 11 is 0. The summed E-state index contributed by atoms with van der Waals surface area (Å²) < 4.78 is 13.2. The van der Waals surface area contributed by atoms with Crippen molar-refractivity contribution in [3.8, 4) is 0 Å². The van der Waals surface area contributed by atoms with E-state index < -0.39 is 0 Å². The molecule has 2 amide bonds. The van der Waals surface area contributed by atoms with E-state index in [0.29, 0.717) is 17.6 Å². The highest BCUT2D eigenvalue weighted by Crippen LogP contribution is 2.32. The predicted octanol–water partition coefficient (Wildman–Crippen LogP) is 5.49. The average molecular weight is 443 g/mol. The van der Waals surface area contributed by atoms with E-state index in [2.05, 4.69) is 11.4 Å². The Morgan fingerprint density at radius 3 is 2.09 bits per heavy atom. The molecule has 0 fully saturated rings. The molecule has 0 saturated carbocycles. The monoisotopic (exact) mass is 442 g/mol. The highest BCUT2D eigenvalue weighted by Gasteiger charge is 2.39. The molecular weight excluding hydrogens is 415 g/mol. The second-order valence-electron chi connectivity index (χ2n) is 8.69. The summed E-state index contributed by atoms with van der Waals surface area (Å²) in [4.78, 5) is 28.2. The maximum Gasteiger partial charge on any atom is 0.278 e. The second kappa shape index (κ2) is 9.02. The van der Waals surface area contributed by atoms with Crippen LogP contribution >= 0.6 is 0 Å². The number of benzene rings is 3. The molecule has 4 nitrogen and oxygen atoms in total. The van der Waals surface area contributed by atoms with Crippen LogP contribution in [0.15, 0.2) is 66.4 Å². The summed E-state index contributed by atoms with van der Waals surface area (Å²) in [5.74, 6) is -0.988. The molecule has 0 aliphatic carbocycles. The second-order valence-corrected chi connectivity index (χ2v) is 8.69. The Balaban J connectivity index is 1.70. The fourth-order valence-electron chi connectivity index (χ4n) is 4.14. The zero-order valence-corrected chi connectivity index (χ0v) is 19.3. The van der Waals surface area contributed by atoms with Crippen molar-refractivity contribution in [3.63, 3.8) is 0 Å². The van der Waals surface area contributed by atoms with Gasteiger partial charge in [0.05, 0.1) is 5.57 Å². The van der Waals surface area contributed by atoms with E-state index >= 15 is 0 Å².